The minimum atomic E-state index is -3.99. The van der Waals surface area contributed by atoms with Crippen LogP contribution in [0.2, 0.25) is 5.02 Å². The molecule has 39 heavy (non-hydrogen) atoms. The van der Waals surface area contributed by atoms with Gasteiger partial charge in [0.25, 0.3) is 5.91 Å². The molecule has 0 bridgehead atoms. The zero-order valence-electron chi connectivity index (χ0n) is 21.3. The highest BCUT2D eigenvalue weighted by molar-refractivity contribution is 7.89. The van der Waals surface area contributed by atoms with Crippen LogP contribution in [0.1, 0.15) is 22.3 Å². The Labute approximate surface area is 233 Å². The molecule has 1 N–H and O–H groups in total. The average molecular weight is 562 g/mol. The fourth-order valence-corrected chi connectivity index (χ4v) is 5.22. The zero-order valence-corrected chi connectivity index (χ0v) is 22.9. The minimum Gasteiger partial charge on any atom is -0.489 e. The summed E-state index contributed by atoms with van der Waals surface area (Å²) in [5.41, 5.74) is 5.95. The molecule has 200 valence electrons. The number of sulfonamides is 1. The third kappa shape index (κ3) is 8.00. The first-order valence-corrected chi connectivity index (χ1v) is 14.0. The fraction of sp³-hybridized carbons (Fsp3) is 0.133. The van der Waals surface area contributed by atoms with Crippen molar-refractivity contribution in [2.24, 2.45) is 5.10 Å². The van der Waals surface area contributed by atoms with E-state index in [0.29, 0.717) is 17.4 Å². The number of nitrogens with one attached hydrogen (secondary N) is 1. The third-order valence-electron chi connectivity index (χ3n) is 5.91. The first kappa shape index (κ1) is 28.0. The molecule has 0 aliphatic heterocycles. The summed E-state index contributed by atoms with van der Waals surface area (Å²) >= 11 is 5.94. The average Bonchev–Trinajstić information content (AvgIpc) is 2.94. The van der Waals surface area contributed by atoms with E-state index in [-0.39, 0.29) is 11.4 Å². The van der Waals surface area contributed by atoms with E-state index in [1.807, 2.05) is 85.8 Å². The highest BCUT2D eigenvalue weighted by Gasteiger charge is 2.27. The molecule has 0 spiro atoms. The Hall–Kier alpha value is -3.98. The number of carbonyl (C=O) groups is 1. The summed E-state index contributed by atoms with van der Waals surface area (Å²) in [6.45, 7) is 1.97. The lowest BCUT2D eigenvalue weighted by Gasteiger charge is -2.22. The molecule has 0 unspecified atom stereocenters. The standard InChI is InChI=1S/C30H28ClN3O4S/c1-23-7-5-6-10-26(23)20-34(39(36,37)29-17-13-27(31)14-18-29)21-30(35)33-32-19-24-11-15-28(16-12-24)38-22-25-8-3-2-4-9-25/h2-19H,20-22H2,1H3,(H,33,35)/b32-19-. The third-order valence-corrected chi connectivity index (χ3v) is 7.97. The van der Waals surface area contributed by atoms with E-state index >= 15 is 0 Å². The van der Waals surface area contributed by atoms with Crippen LogP contribution in [0.15, 0.2) is 113 Å². The molecule has 1 amide bonds. The lowest BCUT2D eigenvalue weighted by atomic mass is 10.1. The first-order valence-electron chi connectivity index (χ1n) is 12.2. The van der Waals surface area contributed by atoms with Crippen molar-refractivity contribution in [1.82, 2.24) is 9.73 Å². The number of carbonyl (C=O) groups excluding carboxylic acids is 1. The molecular formula is C30H28ClN3O4S. The van der Waals surface area contributed by atoms with Gasteiger partial charge < -0.3 is 4.74 Å². The van der Waals surface area contributed by atoms with Crippen molar-refractivity contribution in [3.8, 4) is 5.75 Å². The van der Waals surface area contributed by atoms with Gasteiger partial charge in [0.1, 0.15) is 12.4 Å². The Morgan fingerprint density at radius 3 is 2.28 bits per heavy atom. The number of aryl methyl sites for hydroxylation is 1. The van der Waals surface area contributed by atoms with Crippen molar-refractivity contribution in [1.29, 1.82) is 0 Å². The minimum absolute atomic E-state index is 0.0270. The Morgan fingerprint density at radius 1 is 0.923 bits per heavy atom. The van der Waals surface area contributed by atoms with Crippen molar-refractivity contribution in [2.45, 2.75) is 25.0 Å². The van der Waals surface area contributed by atoms with Gasteiger partial charge in [0.05, 0.1) is 17.7 Å². The molecule has 4 rings (SSSR count). The van der Waals surface area contributed by atoms with Gasteiger partial charge in [-0.1, -0.05) is 66.2 Å². The summed E-state index contributed by atoms with van der Waals surface area (Å²) in [4.78, 5) is 12.8. The molecule has 4 aromatic rings. The Morgan fingerprint density at radius 2 is 1.59 bits per heavy atom. The number of benzene rings is 4. The van der Waals surface area contributed by atoms with Gasteiger partial charge >= 0.3 is 0 Å². The van der Waals surface area contributed by atoms with Crippen LogP contribution in [0.3, 0.4) is 0 Å². The predicted octanol–water partition coefficient (Wildman–Crippen LogP) is 5.57. The predicted molar refractivity (Wildman–Crippen MR) is 153 cm³/mol. The number of amides is 1. The van der Waals surface area contributed by atoms with Crippen LogP contribution in [0.25, 0.3) is 0 Å². The van der Waals surface area contributed by atoms with E-state index in [2.05, 4.69) is 10.5 Å². The van der Waals surface area contributed by atoms with E-state index in [1.165, 1.54) is 30.5 Å². The van der Waals surface area contributed by atoms with E-state index in [0.717, 1.165) is 26.6 Å². The van der Waals surface area contributed by atoms with Crippen LogP contribution in [0.4, 0.5) is 0 Å². The van der Waals surface area contributed by atoms with Crippen LogP contribution in [0, 0.1) is 6.92 Å². The van der Waals surface area contributed by atoms with Crippen molar-refractivity contribution in [3.05, 3.63) is 130 Å². The first-order chi connectivity index (χ1) is 18.8. The monoisotopic (exact) mass is 561 g/mol. The topological polar surface area (TPSA) is 88.1 Å². The summed E-state index contributed by atoms with van der Waals surface area (Å²) in [5, 5.41) is 4.42. The SMILES string of the molecule is Cc1ccccc1CN(CC(=O)N/N=C\c1ccc(OCc2ccccc2)cc1)S(=O)(=O)c1ccc(Cl)cc1. The molecule has 4 aromatic carbocycles. The molecule has 0 aromatic heterocycles. The molecule has 0 aliphatic rings. The number of ether oxygens (including phenoxy) is 1. The number of hydrazone groups is 1. The van der Waals surface area contributed by atoms with Gasteiger partial charge in [-0.15, -0.1) is 0 Å². The van der Waals surface area contributed by atoms with E-state index < -0.39 is 22.5 Å². The zero-order chi connectivity index (χ0) is 27.7. The second-order valence-corrected chi connectivity index (χ2v) is 11.2. The van der Waals surface area contributed by atoms with Crippen LogP contribution < -0.4 is 10.2 Å². The molecular weight excluding hydrogens is 534 g/mol. The van der Waals surface area contributed by atoms with Crippen LogP contribution >= 0.6 is 11.6 Å². The molecule has 9 heteroatoms. The van der Waals surface area contributed by atoms with E-state index in [9.17, 15) is 13.2 Å². The van der Waals surface area contributed by atoms with Gasteiger partial charge in [0.2, 0.25) is 10.0 Å². The van der Waals surface area contributed by atoms with Gasteiger partial charge in [-0.2, -0.15) is 9.41 Å². The fourth-order valence-electron chi connectivity index (χ4n) is 3.72. The van der Waals surface area contributed by atoms with Crippen molar-refractivity contribution >= 4 is 33.7 Å². The number of nitrogens with zero attached hydrogens (tertiary/aromatic N) is 2. The lowest BCUT2D eigenvalue weighted by molar-refractivity contribution is -0.121. The molecule has 0 fully saturated rings. The molecule has 0 atom stereocenters. The number of hydrogen-bond acceptors (Lipinski definition) is 5. The van der Waals surface area contributed by atoms with Crippen LogP contribution in [0.5, 0.6) is 5.75 Å². The van der Waals surface area contributed by atoms with Gasteiger partial charge in [0.15, 0.2) is 0 Å². The summed E-state index contributed by atoms with van der Waals surface area (Å²) in [7, 11) is -3.99. The second kappa shape index (κ2) is 13.2. The Bertz CT molecular complexity index is 1520. The van der Waals surface area contributed by atoms with Crippen LogP contribution in [-0.4, -0.2) is 31.4 Å². The highest BCUT2D eigenvalue weighted by atomic mass is 35.5. The Kier molecular flexibility index (Phi) is 9.49. The van der Waals surface area contributed by atoms with Crippen LogP contribution in [-0.2, 0) is 28.0 Å². The van der Waals surface area contributed by atoms with Gasteiger partial charge in [-0.25, -0.2) is 13.8 Å². The smallest absolute Gasteiger partial charge is 0.255 e. The summed E-state index contributed by atoms with van der Waals surface area (Å²) in [5.74, 6) is 0.138. The molecule has 0 saturated heterocycles. The highest BCUT2D eigenvalue weighted by Crippen LogP contribution is 2.21. The van der Waals surface area contributed by atoms with Crippen molar-refractivity contribution in [2.75, 3.05) is 6.54 Å². The normalized spacial score (nSPS) is 11.6. The molecule has 0 heterocycles. The second-order valence-electron chi connectivity index (χ2n) is 8.79. The Balaban J connectivity index is 1.40. The lowest BCUT2D eigenvalue weighted by Crippen LogP contribution is -2.39. The number of halogens is 1. The summed E-state index contributed by atoms with van der Waals surface area (Å²) in [6, 6.07) is 30.4. The molecule has 0 aliphatic carbocycles. The van der Waals surface area contributed by atoms with E-state index in [1.54, 1.807) is 0 Å². The molecule has 0 saturated carbocycles. The van der Waals surface area contributed by atoms with Crippen molar-refractivity contribution in [3.63, 3.8) is 0 Å². The maximum absolute atomic E-state index is 13.4. The quantitative estimate of drug-likeness (QED) is 0.192. The largest absolute Gasteiger partial charge is 0.489 e. The van der Waals surface area contributed by atoms with Gasteiger partial charge in [-0.3, -0.25) is 4.79 Å². The molecule has 0 radical (unpaired) electrons. The maximum atomic E-state index is 13.4. The van der Waals surface area contributed by atoms with Gasteiger partial charge in [0, 0.05) is 11.6 Å². The van der Waals surface area contributed by atoms with Crippen molar-refractivity contribution < 1.29 is 17.9 Å². The number of hydrogen-bond donors (Lipinski definition) is 1. The summed E-state index contributed by atoms with van der Waals surface area (Å²) in [6.07, 6.45) is 1.48. The maximum Gasteiger partial charge on any atom is 0.255 e. The number of rotatable bonds is 11. The van der Waals surface area contributed by atoms with E-state index in [4.69, 9.17) is 16.3 Å². The van der Waals surface area contributed by atoms with Gasteiger partial charge in [-0.05, 0) is 77.7 Å². The summed E-state index contributed by atoms with van der Waals surface area (Å²) < 4.78 is 33.7. The molecule has 7 nitrogen and oxygen atoms in total.